The predicted molar refractivity (Wildman–Crippen MR) is 101 cm³/mol. The van der Waals surface area contributed by atoms with E-state index in [0.29, 0.717) is 0 Å². The molecule has 14 unspecified atom stereocenters. The third-order valence-corrected chi connectivity index (χ3v) is 6.19. The van der Waals surface area contributed by atoms with Gasteiger partial charge in [-0.3, -0.25) is 0 Å². The first kappa shape index (κ1) is 27.9. The molecule has 16 nitrogen and oxygen atoms in total. The number of hydrogen-bond acceptors (Lipinski definition) is 16. The maximum absolute atomic E-state index is 10.6. The molecule has 0 aromatic rings. The SMILES string of the molecule is OCC1OC(OC2C(OC3(CO)OC(CO)C(O)C3O)OC(CO)C(O)C2O)C(O)C(O)C1O. The van der Waals surface area contributed by atoms with Crippen molar-refractivity contribution in [2.45, 2.75) is 85.5 Å². The van der Waals surface area contributed by atoms with Gasteiger partial charge in [0.25, 0.3) is 0 Å². The van der Waals surface area contributed by atoms with Gasteiger partial charge in [0.1, 0.15) is 73.8 Å². The molecule has 3 saturated heterocycles. The first-order valence-corrected chi connectivity index (χ1v) is 10.6. The van der Waals surface area contributed by atoms with Gasteiger partial charge in [0.15, 0.2) is 12.6 Å². The van der Waals surface area contributed by atoms with E-state index in [9.17, 15) is 56.2 Å². The highest BCUT2D eigenvalue weighted by atomic mass is 16.8. The van der Waals surface area contributed by atoms with Crippen molar-refractivity contribution in [2.75, 3.05) is 26.4 Å². The second-order valence-corrected chi connectivity index (χ2v) is 8.37. The van der Waals surface area contributed by atoms with Crippen LogP contribution in [-0.4, -0.2) is 168 Å². The molecule has 0 amide bonds. The molecular weight excluding hydrogens is 472 g/mol. The summed E-state index contributed by atoms with van der Waals surface area (Å²) in [5.41, 5.74) is 0. The molecule has 0 aromatic carbocycles. The quantitative estimate of drug-likeness (QED) is 0.146. The van der Waals surface area contributed by atoms with Gasteiger partial charge in [-0.25, -0.2) is 0 Å². The van der Waals surface area contributed by atoms with Crippen LogP contribution in [0.1, 0.15) is 0 Å². The Morgan fingerprint density at radius 3 is 1.62 bits per heavy atom. The zero-order valence-corrected chi connectivity index (χ0v) is 17.8. The maximum atomic E-state index is 10.6. The molecule has 0 aromatic heterocycles. The zero-order valence-electron chi connectivity index (χ0n) is 17.8. The van der Waals surface area contributed by atoms with Crippen LogP contribution in [0, 0.1) is 0 Å². The minimum Gasteiger partial charge on any atom is -0.394 e. The van der Waals surface area contributed by atoms with Crippen LogP contribution in [0.3, 0.4) is 0 Å². The third kappa shape index (κ3) is 4.96. The highest BCUT2D eigenvalue weighted by Gasteiger charge is 2.59. The molecule has 0 spiro atoms. The van der Waals surface area contributed by atoms with Crippen LogP contribution in [0.2, 0.25) is 0 Å². The topological polar surface area (TPSA) is 269 Å². The van der Waals surface area contributed by atoms with Gasteiger partial charge in [0.2, 0.25) is 5.79 Å². The highest BCUT2D eigenvalue weighted by Crippen LogP contribution is 2.37. The largest absolute Gasteiger partial charge is 0.394 e. The first-order chi connectivity index (χ1) is 16.0. The average molecular weight is 504 g/mol. The number of aliphatic hydroxyl groups excluding tert-OH is 11. The fourth-order valence-corrected chi connectivity index (χ4v) is 4.10. The van der Waals surface area contributed by atoms with Crippen LogP contribution >= 0.6 is 0 Å². The monoisotopic (exact) mass is 504 g/mol. The second kappa shape index (κ2) is 11.2. The zero-order chi connectivity index (χ0) is 25.4. The molecule has 3 heterocycles. The second-order valence-electron chi connectivity index (χ2n) is 8.37. The number of ether oxygens (including phenoxy) is 5. The van der Waals surface area contributed by atoms with E-state index < -0.39 is 112 Å². The number of hydrogen-bond donors (Lipinski definition) is 11. The van der Waals surface area contributed by atoms with E-state index in [2.05, 4.69) is 0 Å². The van der Waals surface area contributed by atoms with Crippen molar-refractivity contribution < 1.29 is 79.9 Å². The van der Waals surface area contributed by atoms with Crippen molar-refractivity contribution in [3.63, 3.8) is 0 Å². The van der Waals surface area contributed by atoms with Gasteiger partial charge in [-0.1, -0.05) is 0 Å². The van der Waals surface area contributed by atoms with Crippen LogP contribution in [0.5, 0.6) is 0 Å². The molecule has 14 atom stereocenters. The van der Waals surface area contributed by atoms with E-state index in [4.69, 9.17) is 23.7 Å². The van der Waals surface area contributed by atoms with Crippen molar-refractivity contribution in [3.8, 4) is 0 Å². The van der Waals surface area contributed by atoms with Gasteiger partial charge in [-0.15, -0.1) is 0 Å². The normalized spacial score (nSPS) is 52.1. The lowest BCUT2D eigenvalue weighted by atomic mass is 9.97. The summed E-state index contributed by atoms with van der Waals surface area (Å²) in [6, 6.07) is 0. The Hall–Kier alpha value is -0.640. The van der Waals surface area contributed by atoms with Crippen LogP contribution in [-0.2, 0) is 23.7 Å². The Kier molecular flexibility index (Phi) is 9.18. The minimum atomic E-state index is -2.41. The molecular formula is C18H32O16. The standard InChI is InChI=1S/C18H32O16/c19-1-5-8(23)11(26)13(28)16(30-5)32-14-12(27)9(24)6(2-20)31-17(14)34-18(4-22)15(29)10(25)7(3-21)33-18/h5-17,19-29H,1-4H2. The molecule has 3 fully saturated rings. The molecule has 0 saturated carbocycles. The van der Waals surface area contributed by atoms with Gasteiger partial charge in [0.05, 0.1) is 19.8 Å². The molecule has 34 heavy (non-hydrogen) atoms. The van der Waals surface area contributed by atoms with Crippen molar-refractivity contribution in [1.29, 1.82) is 0 Å². The number of aliphatic hydroxyl groups is 11. The lowest BCUT2D eigenvalue weighted by Gasteiger charge is -2.47. The molecule has 3 aliphatic rings. The fourth-order valence-electron chi connectivity index (χ4n) is 4.10. The van der Waals surface area contributed by atoms with E-state index in [1.807, 2.05) is 0 Å². The van der Waals surface area contributed by atoms with Crippen molar-refractivity contribution >= 4 is 0 Å². The number of rotatable bonds is 8. The smallest absolute Gasteiger partial charge is 0.224 e. The Morgan fingerprint density at radius 1 is 0.588 bits per heavy atom. The van der Waals surface area contributed by atoms with Crippen LogP contribution in [0.4, 0.5) is 0 Å². The summed E-state index contributed by atoms with van der Waals surface area (Å²) in [5, 5.41) is 109. The lowest BCUT2D eigenvalue weighted by molar-refractivity contribution is -0.408. The third-order valence-electron chi connectivity index (χ3n) is 6.19. The predicted octanol–water partition coefficient (Wildman–Crippen LogP) is -7.57. The van der Waals surface area contributed by atoms with Gasteiger partial charge < -0.3 is 79.9 Å². The molecule has 0 bridgehead atoms. The summed E-state index contributed by atoms with van der Waals surface area (Å²) in [7, 11) is 0. The fraction of sp³-hybridized carbons (Fsp3) is 1.00. The Bertz CT molecular complexity index is 653. The van der Waals surface area contributed by atoms with E-state index in [1.54, 1.807) is 0 Å². The molecule has 11 N–H and O–H groups in total. The van der Waals surface area contributed by atoms with Crippen molar-refractivity contribution in [1.82, 2.24) is 0 Å². The lowest BCUT2D eigenvalue weighted by Crippen LogP contribution is -2.66. The molecule has 200 valence electrons. The average Bonchev–Trinajstić information content (AvgIpc) is 3.08. The van der Waals surface area contributed by atoms with Gasteiger partial charge in [-0.05, 0) is 0 Å². The summed E-state index contributed by atoms with van der Waals surface area (Å²) >= 11 is 0. The molecule has 3 aliphatic heterocycles. The van der Waals surface area contributed by atoms with Crippen molar-refractivity contribution in [2.24, 2.45) is 0 Å². The van der Waals surface area contributed by atoms with Crippen LogP contribution < -0.4 is 0 Å². The van der Waals surface area contributed by atoms with Crippen LogP contribution in [0.25, 0.3) is 0 Å². The summed E-state index contributed by atoms with van der Waals surface area (Å²) in [5.74, 6) is -2.41. The van der Waals surface area contributed by atoms with E-state index in [1.165, 1.54) is 0 Å². The molecule has 3 rings (SSSR count). The summed E-state index contributed by atoms with van der Waals surface area (Å²) < 4.78 is 26.9. The Morgan fingerprint density at radius 2 is 1.12 bits per heavy atom. The molecule has 16 heteroatoms. The van der Waals surface area contributed by atoms with Gasteiger partial charge in [-0.2, -0.15) is 0 Å². The Labute approximate surface area is 192 Å². The summed E-state index contributed by atoms with van der Waals surface area (Å²) in [4.78, 5) is 0. The molecule has 0 aliphatic carbocycles. The van der Waals surface area contributed by atoms with Gasteiger partial charge >= 0.3 is 0 Å². The van der Waals surface area contributed by atoms with Gasteiger partial charge in [0, 0.05) is 0 Å². The van der Waals surface area contributed by atoms with E-state index in [-0.39, 0.29) is 0 Å². The van der Waals surface area contributed by atoms with Crippen LogP contribution in [0.15, 0.2) is 0 Å². The highest BCUT2D eigenvalue weighted by molar-refractivity contribution is 4.99. The Balaban J connectivity index is 1.87. The summed E-state index contributed by atoms with van der Waals surface area (Å²) in [6.45, 7) is -3.45. The van der Waals surface area contributed by atoms with Crippen molar-refractivity contribution in [3.05, 3.63) is 0 Å². The summed E-state index contributed by atoms with van der Waals surface area (Å²) in [6.07, 6.45) is -22.4. The molecule has 0 radical (unpaired) electrons. The minimum absolute atomic E-state index is 0.764. The van der Waals surface area contributed by atoms with E-state index >= 15 is 0 Å². The van der Waals surface area contributed by atoms with E-state index in [0.717, 1.165) is 0 Å². The first-order valence-electron chi connectivity index (χ1n) is 10.6. The maximum Gasteiger partial charge on any atom is 0.224 e.